The van der Waals surface area contributed by atoms with Gasteiger partial charge < -0.3 is 4.74 Å². The highest BCUT2D eigenvalue weighted by Crippen LogP contribution is 2.36. The zero-order chi connectivity index (χ0) is 12.5. The predicted molar refractivity (Wildman–Crippen MR) is 78.8 cm³/mol. The van der Waals surface area contributed by atoms with Crippen molar-refractivity contribution in [1.82, 2.24) is 4.98 Å². The van der Waals surface area contributed by atoms with E-state index in [-0.39, 0.29) is 0 Å². The number of benzene rings is 2. The van der Waals surface area contributed by atoms with E-state index in [4.69, 9.17) is 16.3 Å². The van der Waals surface area contributed by atoms with Crippen LogP contribution >= 0.6 is 38.9 Å². The Morgan fingerprint density at radius 3 is 2.78 bits per heavy atom. The van der Waals surface area contributed by atoms with Crippen LogP contribution in [0.4, 0.5) is 0 Å². The summed E-state index contributed by atoms with van der Waals surface area (Å²) in [5, 5.41) is 5.00. The van der Waals surface area contributed by atoms with Gasteiger partial charge in [-0.2, -0.15) is 4.98 Å². The highest BCUT2D eigenvalue weighted by Gasteiger charge is 2.09. The van der Waals surface area contributed by atoms with Crippen LogP contribution in [-0.4, -0.2) is 4.98 Å². The van der Waals surface area contributed by atoms with E-state index in [1.807, 2.05) is 30.3 Å². The maximum absolute atomic E-state index is 5.77. The van der Waals surface area contributed by atoms with E-state index in [0.717, 1.165) is 21.0 Å². The number of thiazole rings is 1. The average Bonchev–Trinajstić information content (AvgIpc) is 2.79. The third-order valence-electron chi connectivity index (χ3n) is 2.48. The fourth-order valence-corrected chi connectivity index (χ4v) is 3.05. The summed E-state index contributed by atoms with van der Waals surface area (Å²) >= 11 is 10.7. The summed E-state index contributed by atoms with van der Waals surface area (Å²) in [5.74, 6) is 0.736. The Balaban J connectivity index is 2.04. The molecular formula is C13H7BrClNOS. The van der Waals surface area contributed by atoms with Crippen molar-refractivity contribution in [3.8, 4) is 10.9 Å². The van der Waals surface area contributed by atoms with Gasteiger partial charge in [-0.1, -0.05) is 53.3 Å². The molecule has 0 fully saturated rings. The van der Waals surface area contributed by atoms with Crippen molar-refractivity contribution in [2.75, 3.05) is 0 Å². The van der Waals surface area contributed by atoms with Crippen LogP contribution in [0.25, 0.3) is 10.8 Å². The molecule has 0 radical (unpaired) electrons. The molecule has 0 N–H and O–H groups in total. The molecule has 2 nitrogen and oxygen atoms in total. The van der Waals surface area contributed by atoms with Gasteiger partial charge in [0.15, 0.2) is 0 Å². The summed E-state index contributed by atoms with van der Waals surface area (Å²) in [4.78, 5) is 4.07. The lowest BCUT2D eigenvalue weighted by atomic mass is 10.1. The van der Waals surface area contributed by atoms with Gasteiger partial charge >= 0.3 is 0 Å². The van der Waals surface area contributed by atoms with E-state index >= 15 is 0 Å². The molecule has 0 bridgehead atoms. The third kappa shape index (κ3) is 2.23. The first kappa shape index (κ1) is 12.0. The van der Waals surface area contributed by atoms with Crippen LogP contribution < -0.4 is 4.74 Å². The van der Waals surface area contributed by atoms with E-state index in [0.29, 0.717) is 10.3 Å². The van der Waals surface area contributed by atoms with Crippen LogP contribution in [-0.2, 0) is 0 Å². The standard InChI is InChI=1S/C13H7BrClNOS/c14-12-9-4-2-1-3-8(9)5-6-10(12)17-13-16-11(15)7-18-13/h1-7H. The molecule has 3 aromatic rings. The molecular weight excluding hydrogens is 334 g/mol. The first-order valence-corrected chi connectivity index (χ1v) is 7.25. The lowest BCUT2D eigenvalue weighted by Gasteiger charge is -2.07. The zero-order valence-corrected chi connectivity index (χ0v) is 12.2. The van der Waals surface area contributed by atoms with Crippen molar-refractivity contribution in [2.24, 2.45) is 0 Å². The molecule has 0 amide bonds. The topological polar surface area (TPSA) is 22.1 Å². The van der Waals surface area contributed by atoms with Crippen LogP contribution in [0, 0.1) is 0 Å². The molecule has 2 aromatic carbocycles. The largest absolute Gasteiger partial charge is 0.430 e. The first-order valence-electron chi connectivity index (χ1n) is 5.20. The number of nitrogens with zero attached hydrogens (tertiary/aromatic N) is 1. The maximum Gasteiger partial charge on any atom is 0.280 e. The minimum Gasteiger partial charge on any atom is -0.430 e. The highest BCUT2D eigenvalue weighted by molar-refractivity contribution is 9.10. The summed E-state index contributed by atoms with van der Waals surface area (Å²) in [5.41, 5.74) is 0. The molecule has 5 heteroatoms. The fourth-order valence-electron chi connectivity index (χ4n) is 1.67. The molecule has 3 rings (SSSR count). The molecule has 90 valence electrons. The predicted octanol–water partition coefficient (Wildman–Crippen LogP) is 5.50. The molecule has 0 aliphatic heterocycles. The van der Waals surface area contributed by atoms with Crippen molar-refractivity contribution in [3.63, 3.8) is 0 Å². The summed E-state index contributed by atoms with van der Waals surface area (Å²) in [6.07, 6.45) is 0. The second kappa shape index (κ2) is 4.88. The van der Waals surface area contributed by atoms with Crippen molar-refractivity contribution in [3.05, 3.63) is 51.4 Å². The molecule has 0 saturated heterocycles. The molecule has 0 aliphatic rings. The van der Waals surface area contributed by atoms with E-state index in [2.05, 4.69) is 27.0 Å². The molecule has 0 unspecified atom stereocenters. The molecule has 0 spiro atoms. The minimum absolute atomic E-state index is 0.451. The van der Waals surface area contributed by atoms with E-state index < -0.39 is 0 Å². The van der Waals surface area contributed by atoms with Crippen molar-refractivity contribution < 1.29 is 4.74 Å². The van der Waals surface area contributed by atoms with Gasteiger partial charge in [0.25, 0.3) is 5.19 Å². The molecule has 0 aliphatic carbocycles. The van der Waals surface area contributed by atoms with Crippen LogP contribution in [0.15, 0.2) is 46.3 Å². The average molecular weight is 341 g/mol. The normalized spacial score (nSPS) is 10.8. The van der Waals surface area contributed by atoms with Crippen LogP contribution in [0.1, 0.15) is 0 Å². The Kier molecular flexibility index (Phi) is 3.24. The van der Waals surface area contributed by atoms with Crippen LogP contribution in [0.5, 0.6) is 10.9 Å². The molecule has 1 aromatic heterocycles. The number of fused-ring (bicyclic) bond motifs is 1. The number of hydrogen-bond donors (Lipinski definition) is 0. The van der Waals surface area contributed by atoms with Gasteiger partial charge in [0, 0.05) is 5.38 Å². The van der Waals surface area contributed by atoms with Crippen LogP contribution in [0.3, 0.4) is 0 Å². The van der Waals surface area contributed by atoms with Gasteiger partial charge in [-0.15, -0.1) is 0 Å². The highest BCUT2D eigenvalue weighted by atomic mass is 79.9. The third-order valence-corrected chi connectivity index (χ3v) is 4.34. The maximum atomic E-state index is 5.77. The fraction of sp³-hybridized carbons (Fsp3) is 0. The van der Waals surface area contributed by atoms with Gasteiger partial charge in [0.05, 0.1) is 4.47 Å². The summed E-state index contributed by atoms with van der Waals surface area (Å²) in [6, 6.07) is 12.0. The van der Waals surface area contributed by atoms with Gasteiger partial charge in [-0.3, -0.25) is 0 Å². The Morgan fingerprint density at radius 1 is 1.17 bits per heavy atom. The summed E-state index contributed by atoms with van der Waals surface area (Å²) in [6.45, 7) is 0. The quantitative estimate of drug-likeness (QED) is 0.614. The lowest BCUT2D eigenvalue weighted by Crippen LogP contribution is -1.85. The summed E-state index contributed by atoms with van der Waals surface area (Å²) in [7, 11) is 0. The van der Waals surface area contributed by atoms with Gasteiger partial charge in [0.1, 0.15) is 10.9 Å². The van der Waals surface area contributed by atoms with Crippen molar-refractivity contribution >= 4 is 49.6 Å². The van der Waals surface area contributed by atoms with E-state index in [1.165, 1.54) is 11.3 Å². The molecule has 1 heterocycles. The number of aromatic nitrogens is 1. The molecule has 18 heavy (non-hydrogen) atoms. The van der Waals surface area contributed by atoms with Crippen LogP contribution in [0.2, 0.25) is 5.15 Å². The van der Waals surface area contributed by atoms with Gasteiger partial charge in [-0.05, 0) is 32.8 Å². The van der Waals surface area contributed by atoms with E-state index in [1.54, 1.807) is 5.38 Å². The number of rotatable bonds is 2. The smallest absolute Gasteiger partial charge is 0.280 e. The first-order chi connectivity index (χ1) is 8.74. The Hall–Kier alpha value is -1.10. The van der Waals surface area contributed by atoms with Gasteiger partial charge in [-0.25, -0.2) is 0 Å². The SMILES string of the molecule is Clc1csc(Oc2ccc3ccccc3c2Br)n1. The van der Waals surface area contributed by atoms with Crippen molar-refractivity contribution in [2.45, 2.75) is 0 Å². The Bertz CT molecular complexity index is 713. The van der Waals surface area contributed by atoms with E-state index in [9.17, 15) is 0 Å². The monoisotopic (exact) mass is 339 g/mol. The number of halogens is 2. The number of hydrogen-bond acceptors (Lipinski definition) is 3. The second-order valence-electron chi connectivity index (χ2n) is 3.64. The Morgan fingerprint density at radius 2 is 2.00 bits per heavy atom. The number of ether oxygens (including phenoxy) is 1. The molecule has 0 saturated carbocycles. The zero-order valence-electron chi connectivity index (χ0n) is 9.06. The summed E-state index contributed by atoms with van der Waals surface area (Å²) < 4.78 is 6.64. The second-order valence-corrected chi connectivity index (χ2v) is 5.64. The lowest BCUT2D eigenvalue weighted by molar-refractivity contribution is 0.477. The molecule has 0 atom stereocenters. The minimum atomic E-state index is 0.451. The van der Waals surface area contributed by atoms with Gasteiger partial charge in [0.2, 0.25) is 0 Å². The van der Waals surface area contributed by atoms with Crippen molar-refractivity contribution in [1.29, 1.82) is 0 Å². The Labute approximate surface area is 121 Å².